The average molecular weight is 423 g/mol. The average Bonchev–Trinajstić information content (AvgIpc) is 2.71. The number of carbonyl (C=O) groups is 1. The standard InChI is InChI=1S/C28H38O3/c1-10-27(6,7)20(5)26(30)31-24-13-12-18(3)14-21(24)17-22-15-19(4)16-23(25(22)29)28(8,9)11-2/h12-16,29H,5,10-11,17H2,1-4,6-9H3. The van der Waals surface area contributed by atoms with Crippen molar-refractivity contribution in [1.29, 1.82) is 0 Å². The van der Waals surface area contributed by atoms with Crippen LogP contribution in [0.3, 0.4) is 0 Å². The van der Waals surface area contributed by atoms with Crippen LogP contribution >= 0.6 is 0 Å². The van der Waals surface area contributed by atoms with Gasteiger partial charge in [0.2, 0.25) is 0 Å². The molecule has 3 heteroatoms. The Morgan fingerprint density at radius 2 is 1.58 bits per heavy atom. The molecule has 1 N–H and O–H groups in total. The van der Waals surface area contributed by atoms with Crippen molar-refractivity contribution in [2.75, 3.05) is 0 Å². The lowest BCUT2D eigenvalue weighted by molar-refractivity contribution is -0.131. The van der Waals surface area contributed by atoms with Crippen LogP contribution in [0, 0.1) is 19.3 Å². The van der Waals surface area contributed by atoms with E-state index in [4.69, 9.17) is 4.74 Å². The van der Waals surface area contributed by atoms with E-state index in [0.29, 0.717) is 23.5 Å². The van der Waals surface area contributed by atoms with Gasteiger partial charge in [0.25, 0.3) is 0 Å². The van der Waals surface area contributed by atoms with E-state index < -0.39 is 5.97 Å². The monoisotopic (exact) mass is 422 g/mol. The van der Waals surface area contributed by atoms with E-state index in [0.717, 1.165) is 40.7 Å². The maximum atomic E-state index is 12.8. The van der Waals surface area contributed by atoms with E-state index in [2.05, 4.69) is 33.4 Å². The topological polar surface area (TPSA) is 46.5 Å². The zero-order valence-electron chi connectivity index (χ0n) is 20.5. The van der Waals surface area contributed by atoms with Crippen LogP contribution in [0.2, 0.25) is 0 Å². The molecule has 2 rings (SSSR count). The second-order valence-corrected chi connectivity index (χ2v) is 9.95. The SMILES string of the molecule is C=C(C(=O)Oc1ccc(C)cc1Cc1cc(C)cc(C(C)(C)CC)c1O)C(C)(C)CC. The Balaban J connectivity index is 2.45. The molecule has 168 valence electrons. The molecular formula is C28H38O3. The summed E-state index contributed by atoms with van der Waals surface area (Å²) in [7, 11) is 0. The van der Waals surface area contributed by atoms with Gasteiger partial charge in [-0.2, -0.15) is 0 Å². The first kappa shape index (κ1) is 24.7. The van der Waals surface area contributed by atoms with Crippen molar-refractivity contribution >= 4 is 5.97 Å². The Labute approximate surface area is 188 Å². The molecule has 0 unspecified atom stereocenters. The molecule has 0 aliphatic heterocycles. The van der Waals surface area contributed by atoms with Crippen molar-refractivity contribution in [2.24, 2.45) is 5.41 Å². The second kappa shape index (κ2) is 9.30. The van der Waals surface area contributed by atoms with Crippen LogP contribution in [-0.4, -0.2) is 11.1 Å². The second-order valence-electron chi connectivity index (χ2n) is 9.95. The third-order valence-electron chi connectivity index (χ3n) is 6.69. The first-order chi connectivity index (χ1) is 14.3. The normalized spacial score (nSPS) is 12.0. The number of phenols is 1. The Morgan fingerprint density at radius 1 is 0.968 bits per heavy atom. The summed E-state index contributed by atoms with van der Waals surface area (Å²) >= 11 is 0. The third kappa shape index (κ3) is 5.58. The van der Waals surface area contributed by atoms with Crippen LogP contribution in [0.4, 0.5) is 0 Å². The van der Waals surface area contributed by atoms with Crippen molar-refractivity contribution < 1.29 is 14.6 Å². The molecule has 2 aromatic rings. The van der Waals surface area contributed by atoms with E-state index in [1.54, 1.807) is 0 Å². The zero-order chi connectivity index (χ0) is 23.6. The molecule has 0 bridgehead atoms. The van der Waals surface area contributed by atoms with Crippen LogP contribution in [0.5, 0.6) is 11.5 Å². The van der Waals surface area contributed by atoms with Crippen molar-refractivity contribution in [3.05, 3.63) is 70.3 Å². The summed E-state index contributed by atoms with van der Waals surface area (Å²) in [6.07, 6.45) is 2.20. The molecular weight excluding hydrogens is 384 g/mol. The molecule has 2 aromatic carbocycles. The van der Waals surface area contributed by atoms with Gasteiger partial charge in [0, 0.05) is 17.6 Å². The van der Waals surface area contributed by atoms with Crippen molar-refractivity contribution in [3.8, 4) is 11.5 Å². The van der Waals surface area contributed by atoms with Crippen molar-refractivity contribution in [2.45, 2.75) is 80.1 Å². The molecule has 0 aliphatic carbocycles. The highest BCUT2D eigenvalue weighted by Crippen LogP contribution is 2.38. The largest absolute Gasteiger partial charge is 0.507 e. The fourth-order valence-electron chi connectivity index (χ4n) is 3.50. The lowest BCUT2D eigenvalue weighted by Crippen LogP contribution is -2.23. The molecule has 3 nitrogen and oxygen atoms in total. The third-order valence-corrected chi connectivity index (χ3v) is 6.69. The maximum Gasteiger partial charge on any atom is 0.339 e. The molecule has 0 aliphatic rings. The van der Waals surface area contributed by atoms with Crippen LogP contribution < -0.4 is 4.74 Å². The highest BCUT2D eigenvalue weighted by molar-refractivity contribution is 5.91. The smallest absolute Gasteiger partial charge is 0.339 e. The van der Waals surface area contributed by atoms with Gasteiger partial charge in [-0.25, -0.2) is 4.79 Å². The van der Waals surface area contributed by atoms with E-state index in [9.17, 15) is 9.90 Å². The summed E-state index contributed by atoms with van der Waals surface area (Å²) in [5.74, 6) is 0.437. The van der Waals surface area contributed by atoms with Gasteiger partial charge < -0.3 is 9.84 Å². The number of benzene rings is 2. The summed E-state index contributed by atoms with van der Waals surface area (Å²) in [5.41, 5.74) is 4.86. The van der Waals surface area contributed by atoms with Gasteiger partial charge >= 0.3 is 5.97 Å². The number of aryl methyl sites for hydroxylation is 2. The van der Waals surface area contributed by atoms with Gasteiger partial charge in [-0.1, -0.05) is 83.5 Å². The Bertz CT molecular complexity index is 980. The van der Waals surface area contributed by atoms with E-state index in [1.807, 2.05) is 58.9 Å². The number of hydrogen-bond donors (Lipinski definition) is 1. The van der Waals surface area contributed by atoms with Crippen LogP contribution in [-0.2, 0) is 16.6 Å². The van der Waals surface area contributed by atoms with Crippen molar-refractivity contribution in [3.63, 3.8) is 0 Å². The fraction of sp³-hybridized carbons (Fsp3) is 0.464. The molecule has 0 saturated carbocycles. The number of phenolic OH excluding ortho intramolecular Hbond substituents is 1. The van der Waals surface area contributed by atoms with E-state index >= 15 is 0 Å². The molecule has 0 amide bonds. The minimum Gasteiger partial charge on any atom is -0.507 e. The molecule has 0 spiro atoms. The fourth-order valence-corrected chi connectivity index (χ4v) is 3.50. The number of esters is 1. The summed E-state index contributed by atoms with van der Waals surface area (Å²) in [5, 5.41) is 11.1. The molecule has 0 atom stereocenters. The minimum absolute atomic E-state index is 0.129. The first-order valence-corrected chi connectivity index (χ1v) is 11.2. The summed E-state index contributed by atoms with van der Waals surface area (Å²) < 4.78 is 5.79. The minimum atomic E-state index is -0.404. The molecule has 31 heavy (non-hydrogen) atoms. The highest BCUT2D eigenvalue weighted by atomic mass is 16.5. The quantitative estimate of drug-likeness (QED) is 0.278. The molecule has 0 radical (unpaired) electrons. The summed E-state index contributed by atoms with van der Waals surface area (Å²) in [4.78, 5) is 12.8. The number of aromatic hydroxyl groups is 1. The Hall–Kier alpha value is -2.55. The number of rotatable bonds is 8. The summed E-state index contributed by atoms with van der Waals surface area (Å²) in [6, 6.07) is 9.86. The van der Waals surface area contributed by atoms with Gasteiger partial charge in [-0.3, -0.25) is 0 Å². The zero-order valence-corrected chi connectivity index (χ0v) is 20.5. The lowest BCUT2D eigenvalue weighted by Gasteiger charge is -2.26. The Kier molecular flexibility index (Phi) is 7.41. The van der Waals surface area contributed by atoms with Crippen LogP contribution in [0.15, 0.2) is 42.5 Å². The van der Waals surface area contributed by atoms with Crippen LogP contribution in [0.25, 0.3) is 0 Å². The molecule has 0 heterocycles. The predicted molar refractivity (Wildman–Crippen MR) is 129 cm³/mol. The van der Waals surface area contributed by atoms with Gasteiger partial charge in [0.15, 0.2) is 0 Å². The van der Waals surface area contributed by atoms with Gasteiger partial charge in [0.05, 0.1) is 0 Å². The van der Waals surface area contributed by atoms with E-state index in [1.165, 1.54) is 0 Å². The Morgan fingerprint density at radius 3 is 2.16 bits per heavy atom. The van der Waals surface area contributed by atoms with Crippen molar-refractivity contribution in [1.82, 2.24) is 0 Å². The molecule has 0 fully saturated rings. The number of ether oxygens (including phenoxy) is 1. The number of carbonyl (C=O) groups excluding carboxylic acids is 1. The molecule has 0 aromatic heterocycles. The first-order valence-electron chi connectivity index (χ1n) is 11.2. The number of hydrogen-bond acceptors (Lipinski definition) is 3. The van der Waals surface area contributed by atoms with Gasteiger partial charge in [-0.05, 0) is 54.7 Å². The predicted octanol–water partition coefficient (Wildman–Crippen LogP) is 7.19. The van der Waals surface area contributed by atoms with Crippen LogP contribution in [0.1, 0.15) is 82.2 Å². The van der Waals surface area contributed by atoms with Gasteiger partial charge in [0.1, 0.15) is 11.5 Å². The lowest BCUT2D eigenvalue weighted by atomic mass is 9.79. The maximum absolute atomic E-state index is 12.8. The van der Waals surface area contributed by atoms with E-state index in [-0.39, 0.29) is 10.8 Å². The highest BCUT2D eigenvalue weighted by Gasteiger charge is 2.28. The van der Waals surface area contributed by atoms with Gasteiger partial charge in [-0.15, -0.1) is 0 Å². The summed E-state index contributed by atoms with van der Waals surface area (Å²) in [6.45, 7) is 20.5. The molecule has 0 saturated heterocycles.